The summed E-state index contributed by atoms with van der Waals surface area (Å²) in [6.45, 7) is 3.81. The molecule has 0 unspecified atom stereocenters. The zero-order chi connectivity index (χ0) is 19.7. The number of aromatic nitrogens is 2. The molecular weight excluding hydrogens is 366 g/mol. The minimum atomic E-state index is -0.230. The molecule has 3 aromatic rings. The van der Waals surface area contributed by atoms with Crippen molar-refractivity contribution in [3.8, 4) is 17.2 Å². The van der Waals surface area contributed by atoms with E-state index in [9.17, 15) is 10.4 Å². The van der Waals surface area contributed by atoms with Crippen LogP contribution in [0.15, 0.2) is 30.3 Å². The van der Waals surface area contributed by atoms with Gasteiger partial charge in [0.15, 0.2) is 0 Å². The number of rotatable bonds is 3. The molecule has 1 heterocycles. The highest BCUT2D eigenvalue weighted by Crippen LogP contribution is 2.38. The number of aryl methyl sites for hydroxylation is 2. The molecule has 0 atom stereocenters. The molecule has 0 bridgehead atoms. The van der Waals surface area contributed by atoms with Crippen LogP contribution in [0.5, 0.6) is 0 Å². The molecule has 0 aliphatic rings. The highest BCUT2D eigenvalue weighted by Gasteiger charge is 2.16. The summed E-state index contributed by atoms with van der Waals surface area (Å²) in [7, 11) is 0. The fourth-order valence-corrected chi connectivity index (χ4v) is 3.34. The van der Waals surface area contributed by atoms with Crippen LogP contribution in [0.1, 0.15) is 16.7 Å². The van der Waals surface area contributed by atoms with Gasteiger partial charge >= 0.3 is 0 Å². The van der Waals surface area contributed by atoms with Crippen molar-refractivity contribution >= 4 is 40.1 Å². The first-order valence-electron chi connectivity index (χ1n) is 7.92. The third-order valence-electron chi connectivity index (χ3n) is 4.18. The molecule has 27 heavy (non-hydrogen) atoms. The highest BCUT2D eigenvalue weighted by atomic mass is 35.5. The maximum Gasteiger partial charge on any atom is 0.224 e. The molecule has 0 saturated heterocycles. The molecule has 0 saturated carbocycles. The van der Waals surface area contributed by atoms with E-state index < -0.39 is 0 Å². The van der Waals surface area contributed by atoms with Crippen molar-refractivity contribution in [1.29, 1.82) is 5.26 Å². The molecule has 7 nitrogen and oxygen atoms in total. The van der Waals surface area contributed by atoms with Crippen LogP contribution in [-0.4, -0.2) is 15.2 Å². The molecule has 0 aliphatic heterocycles. The molecule has 0 fully saturated rings. The number of nitrogens with two attached hydrogens (primary N) is 1. The van der Waals surface area contributed by atoms with Crippen molar-refractivity contribution in [3.63, 3.8) is 0 Å². The Morgan fingerprint density at radius 1 is 1.22 bits per heavy atom. The largest absolute Gasteiger partial charge is 0.733 e. The average Bonchev–Trinajstić information content (AvgIpc) is 2.59. The van der Waals surface area contributed by atoms with Crippen molar-refractivity contribution in [2.24, 2.45) is 0 Å². The summed E-state index contributed by atoms with van der Waals surface area (Å²) in [5.41, 5.74) is 10.5. The van der Waals surface area contributed by atoms with Crippen LogP contribution in [0.2, 0.25) is 5.28 Å². The molecule has 8 heteroatoms. The quantitative estimate of drug-likeness (QED) is 0.392. The summed E-state index contributed by atoms with van der Waals surface area (Å²) in [5.74, 6) is 0.110. The van der Waals surface area contributed by atoms with E-state index in [1.165, 1.54) is 18.2 Å². The fourth-order valence-electron chi connectivity index (χ4n) is 3.16. The Kier molecular flexibility index (Phi) is 4.97. The number of halogens is 1. The van der Waals surface area contributed by atoms with Crippen LogP contribution in [0.25, 0.3) is 28.1 Å². The van der Waals surface area contributed by atoms with Gasteiger partial charge in [-0.3, -0.25) is 5.21 Å². The van der Waals surface area contributed by atoms with Crippen molar-refractivity contribution in [1.82, 2.24) is 9.97 Å². The van der Waals surface area contributed by atoms with Crippen LogP contribution in [0.3, 0.4) is 0 Å². The SMILES string of the molecule is Cc1cc(/C=C/C#N)cc(C)c1-c1cc(N([O-])O)cc2c(N)nc(Cl)nc12. The lowest BCUT2D eigenvalue weighted by molar-refractivity contribution is 0.296. The van der Waals surface area contributed by atoms with Crippen molar-refractivity contribution in [2.45, 2.75) is 13.8 Å². The van der Waals surface area contributed by atoms with Crippen LogP contribution < -0.4 is 11.0 Å². The lowest BCUT2D eigenvalue weighted by Gasteiger charge is -2.24. The third kappa shape index (κ3) is 3.55. The van der Waals surface area contributed by atoms with E-state index in [1.54, 1.807) is 6.08 Å². The Labute approximate surface area is 160 Å². The second kappa shape index (κ2) is 7.21. The summed E-state index contributed by atoms with van der Waals surface area (Å²) >= 11 is 5.98. The molecule has 3 rings (SSSR count). The highest BCUT2D eigenvalue weighted by molar-refractivity contribution is 6.29. The monoisotopic (exact) mass is 380 g/mol. The first kappa shape index (κ1) is 18.6. The van der Waals surface area contributed by atoms with Gasteiger partial charge in [0.05, 0.1) is 17.3 Å². The topological polar surface area (TPSA) is 122 Å². The van der Waals surface area contributed by atoms with E-state index in [4.69, 9.17) is 22.6 Å². The summed E-state index contributed by atoms with van der Waals surface area (Å²) in [6, 6.07) is 8.72. The summed E-state index contributed by atoms with van der Waals surface area (Å²) < 4.78 is 0. The maximum atomic E-state index is 11.5. The third-order valence-corrected chi connectivity index (χ3v) is 4.35. The predicted octanol–water partition coefficient (Wildman–Crippen LogP) is 4.38. The summed E-state index contributed by atoms with van der Waals surface area (Å²) in [6.07, 6.45) is 3.11. The lowest BCUT2D eigenvalue weighted by Crippen LogP contribution is -2.08. The van der Waals surface area contributed by atoms with Crippen LogP contribution in [-0.2, 0) is 0 Å². The van der Waals surface area contributed by atoms with Gasteiger partial charge in [-0.25, -0.2) is 9.97 Å². The average molecular weight is 381 g/mol. The number of nitrogen functional groups attached to an aromatic ring is 1. The van der Waals surface area contributed by atoms with Crippen molar-refractivity contribution < 1.29 is 5.21 Å². The number of fused-ring (bicyclic) bond motifs is 1. The minimum Gasteiger partial charge on any atom is -0.733 e. The summed E-state index contributed by atoms with van der Waals surface area (Å²) in [5, 5.41) is 29.8. The van der Waals surface area contributed by atoms with Crippen LogP contribution >= 0.6 is 11.6 Å². The van der Waals surface area contributed by atoms with Gasteiger partial charge in [-0.05, 0) is 65.9 Å². The number of benzene rings is 2. The second-order valence-corrected chi connectivity index (χ2v) is 6.37. The van der Waals surface area contributed by atoms with Gasteiger partial charge in [0, 0.05) is 17.0 Å². The minimum absolute atomic E-state index is 0.00220. The number of nitrogens with zero attached hydrogens (tertiary/aromatic N) is 4. The Morgan fingerprint density at radius 3 is 2.48 bits per heavy atom. The molecule has 1 aromatic heterocycles. The molecule has 0 spiro atoms. The molecule has 0 radical (unpaired) electrons. The first-order chi connectivity index (χ1) is 12.8. The van der Waals surface area contributed by atoms with Crippen LogP contribution in [0.4, 0.5) is 11.5 Å². The van der Waals surface area contributed by atoms with E-state index in [1.807, 2.05) is 32.0 Å². The van der Waals surface area contributed by atoms with Gasteiger partial charge < -0.3 is 16.2 Å². The number of nitriles is 1. The Bertz CT molecular complexity index is 1100. The van der Waals surface area contributed by atoms with E-state index in [0.29, 0.717) is 16.5 Å². The van der Waals surface area contributed by atoms with E-state index in [-0.39, 0.29) is 22.0 Å². The second-order valence-electron chi connectivity index (χ2n) is 6.03. The molecular formula is C19H15ClN5O2-. The zero-order valence-corrected chi connectivity index (χ0v) is 15.3. The maximum absolute atomic E-state index is 11.5. The van der Waals surface area contributed by atoms with Crippen molar-refractivity contribution in [2.75, 3.05) is 11.0 Å². The lowest BCUT2D eigenvalue weighted by atomic mass is 9.91. The fraction of sp³-hybridized carbons (Fsp3) is 0.105. The normalized spacial score (nSPS) is 11.1. The summed E-state index contributed by atoms with van der Waals surface area (Å²) in [4.78, 5) is 8.20. The molecule has 2 aromatic carbocycles. The number of allylic oxidation sites excluding steroid dienone is 1. The van der Waals surface area contributed by atoms with Crippen molar-refractivity contribution in [3.05, 3.63) is 57.5 Å². The standard InChI is InChI=1S/C19H15ClN5O2/c1-10-6-12(4-3-5-21)7-11(2)16(10)14-8-13(25(26)27)9-15-17(14)23-19(20)24-18(15)22/h3-4,6-9,26H,1-2H3,(H2,22,23,24)/q-1/b4-3+. The molecule has 0 aliphatic carbocycles. The number of anilines is 2. The van der Waals surface area contributed by atoms with Gasteiger partial charge in [0.25, 0.3) is 0 Å². The Morgan fingerprint density at radius 2 is 1.89 bits per heavy atom. The van der Waals surface area contributed by atoms with Gasteiger partial charge in [0.2, 0.25) is 5.28 Å². The van der Waals surface area contributed by atoms with E-state index in [0.717, 1.165) is 22.3 Å². The van der Waals surface area contributed by atoms with Gasteiger partial charge in [-0.2, -0.15) is 5.26 Å². The van der Waals surface area contributed by atoms with Gasteiger partial charge in [0.1, 0.15) is 5.82 Å². The van der Waals surface area contributed by atoms with Gasteiger partial charge in [-0.1, -0.05) is 12.1 Å². The first-order valence-corrected chi connectivity index (χ1v) is 8.30. The molecule has 3 N–H and O–H groups in total. The Balaban J connectivity index is 2.37. The van der Waals surface area contributed by atoms with E-state index in [2.05, 4.69) is 9.97 Å². The number of hydrogen-bond donors (Lipinski definition) is 2. The smallest absolute Gasteiger partial charge is 0.224 e. The predicted molar refractivity (Wildman–Crippen MR) is 106 cm³/mol. The molecule has 0 amide bonds. The van der Waals surface area contributed by atoms with Gasteiger partial charge in [-0.15, -0.1) is 0 Å². The van der Waals surface area contributed by atoms with E-state index >= 15 is 0 Å². The van der Waals surface area contributed by atoms with Crippen LogP contribution in [0, 0.1) is 30.4 Å². The number of hydrogen-bond acceptors (Lipinski definition) is 7. The zero-order valence-electron chi connectivity index (χ0n) is 14.6. The molecule has 136 valence electrons. The Hall–Kier alpha value is -3.18.